The van der Waals surface area contributed by atoms with Gasteiger partial charge in [-0.25, -0.2) is 0 Å². The molecule has 1 aliphatic heterocycles. The molecule has 1 aromatic heterocycles. The lowest BCUT2D eigenvalue weighted by molar-refractivity contribution is 0.289. The van der Waals surface area contributed by atoms with E-state index in [0.29, 0.717) is 6.04 Å². The second-order valence-electron chi connectivity index (χ2n) is 5.42. The molecule has 0 spiro atoms. The van der Waals surface area contributed by atoms with Crippen molar-refractivity contribution >= 4 is 15.9 Å². The number of hydrogen-bond acceptors (Lipinski definition) is 3. The molecule has 2 heterocycles. The minimum atomic E-state index is 0.431. The maximum Gasteiger partial charge on any atom is 0.0663 e. The standard InChI is InChI=1S/C12H19BrN4/c1-16-12(10(13)4-15-16)7-17-5-8-2-3-11(14)9(8)6-17/h4,8-9,11H,2-3,5-7,14H2,1H3. The van der Waals surface area contributed by atoms with E-state index in [1.54, 1.807) is 0 Å². The van der Waals surface area contributed by atoms with E-state index in [2.05, 4.69) is 25.9 Å². The number of likely N-dealkylation sites (tertiary alicyclic amines) is 1. The van der Waals surface area contributed by atoms with Crippen molar-refractivity contribution in [2.75, 3.05) is 13.1 Å². The minimum Gasteiger partial charge on any atom is -0.327 e. The zero-order chi connectivity index (χ0) is 12.0. The molecule has 1 saturated heterocycles. The Labute approximate surface area is 110 Å². The smallest absolute Gasteiger partial charge is 0.0663 e. The fourth-order valence-electron chi connectivity index (χ4n) is 3.35. The molecule has 3 unspecified atom stereocenters. The number of halogens is 1. The molecule has 4 nitrogen and oxygen atoms in total. The van der Waals surface area contributed by atoms with Crippen molar-refractivity contribution in [3.05, 3.63) is 16.4 Å². The van der Waals surface area contributed by atoms with Crippen LogP contribution in [0.2, 0.25) is 0 Å². The summed E-state index contributed by atoms with van der Waals surface area (Å²) in [5.74, 6) is 1.55. The summed E-state index contributed by atoms with van der Waals surface area (Å²) in [6.45, 7) is 3.34. The number of rotatable bonds is 2. The Kier molecular flexibility index (Phi) is 3.00. The van der Waals surface area contributed by atoms with Crippen molar-refractivity contribution in [3.63, 3.8) is 0 Å². The Morgan fingerprint density at radius 1 is 1.47 bits per heavy atom. The lowest BCUT2D eigenvalue weighted by atomic mass is 9.98. The van der Waals surface area contributed by atoms with Gasteiger partial charge in [-0.05, 0) is 40.6 Å². The first kappa shape index (κ1) is 11.7. The number of aromatic nitrogens is 2. The molecule has 1 aliphatic carbocycles. The van der Waals surface area contributed by atoms with Gasteiger partial charge in [-0.1, -0.05) is 0 Å². The van der Waals surface area contributed by atoms with Gasteiger partial charge < -0.3 is 5.73 Å². The Morgan fingerprint density at radius 3 is 2.94 bits per heavy atom. The number of nitrogens with two attached hydrogens (primary N) is 1. The average Bonchev–Trinajstić information content (AvgIpc) is 2.93. The van der Waals surface area contributed by atoms with Gasteiger partial charge in [0.25, 0.3) is 0 Å². The number of hydrogen-bond donors (Lipinski definition) is 1. The third-order valence-corrected chi connectivity index (χ3v) is 5.03. The van der Waals surface area contributed by atoms with E-state index in [1.807, 2.05) is 17.9 Å². The van der Waals surface area contributed by atoms with E-state index in [0.717, 1.165) is 29.4 Å². The molecule has 5 heteroatoms. The molecule has 3 atom stereocenters. The van der Waals surface area contributed by atoms with E-state index >= 15 is 0 Å². The normalized spacial score (nSPS) is 33.2. The first-order valence-corrected chi connectivity index (χ1v) is 7.08. The summed E-state index contributed by atoms with van der Waals surface area (Å²) in [4.78, 5) is 2.52. The summed E-state index contributed by atoms with van der Waals surface area (Å²) >= 11 is 3.56. The highest BCUT2D eigenvalue weighted by atomic mass is 79.9. The van der Waals surface area contributed by atoms with Crippen LogP contribution in [0.3, 0.4) is 0 Å². The Balaban J connectivity index is 1.69. The lowest BCUT2D eigenvalue weighted by Crippen LogP contribution is -2.30. The predicted octanol–water partition coefficient (Wildman–Crippen LogP) is 1.35. The third-order valence-electron chi connectivity index (χ3n) is 4.37. The number of nitrogens with zero attached hydrogens (tertiary/aromatic N) is 3. The average molecular weight is 299 g/mol. The summed E-state index contributed by atoms with van der Waals surface area (Å²) in [5, 5.41) is 4.26. The van der Waals surface area contributed by atoms with Crippen LogP contribution >= 0.6 is 15.9 Å². The van der Waals surface area contributed by atoms with Crippen LogP contribution in [-0.4, -0.2) is 33.8 Å². The van der Waals surface area contributed by atoms with Crippen LogP contribution in [0.5, 0.6) is 0 Å². The Morgan fingerprint density at radius 2 is 2.29 bits per heavy atom. The van der Waals surface area contributed by atoms with Gasteiger partial charge in [-0.15, -0.1) is 0 Å². The molecule has 2 N–H and O–H groups in total. The van der Waals surface area contributed by atoms with Crippen LogP contribution < -0.4 is 5.73 Å². The molecule has 0 aromatic carbocycles. The van der Waals surface area contributed by atoms with Crippen molar-refractivity contribution in [2.45, 2.75) is 25.4 Å². The van der Waals surface area contributed by atoms with Gasteiger partial charge in [-0.2, -0.15) is 5.10 Å². The largest absolute Gasteiger partial charge is 0.327 e. The van der Waals surface area contributed by atoms with Crippen LogP contribution in [0.4, 0.5) is 0 Å². The first-order chi connectivity index (χ1) is 8.15. The molecule has 0 amide bonds. The van der Waals surface area contributed by atoms with Crippen LogP contribution in [0.1, 0.15) is 18.5 Å². The molecule has 1 aromatic rings. The molecular weight excluding hydrogens is 280 g/mol. The summed E-state index contributed by atoms with van der Waals surface area (Å²) in [7, 11) is 2.00. The van der Waals surface area contributed by atoms with Gasteiger partial charge in [-0.3, -0.25) is 9.58 Å². The van der Waals surface area contributed by atoms with Crippen LogP contribution in [0, 0.1) is 11.8 Å². The predicted molar refractivity (Wildman–Crippen MR) is 70.4 cm³/mol. The van der Waals surface area contributed by atoms with Crippen molar-refractivity contribution in [1.29, 1.82) is 0 Å². The quantitative estimate of drug-likeness (QED) is 0.897. The highest BCUT2D eigenvalue weighted by Gasteiger charge is 2.40. The van der Waals surface area contributed by atoms with Gasteiger partial charge in [0, 0.05) is 32.7 Å². The maximum atomic E-state index is 6.16. The van der Waals surface area contributed by atoms with E-state index < -0.39 is 0 Å². The summed E-state index contributed by atoms with van der Waals surface area (Å²) in [6.07, 6.45) is 4.41. The highest BCUT2D eigenvalue weighted by Crippen LogP contribution is 2.37. The number of fused-ring (bicyclic) bond motifs is 1. The second-order valence-corrected chi connectivity index (χ2v) is 6.28. The summed E-state index contributed by atoms with van der Waals surface area (Å²) < 4.78 is 3.07. The van der Waals surface area contributed by atoms with Crippen LogP contribution in [0.15, 0.2) is 10.7 Å². The van der Waals surface area contributed by atoms with Crippen LogP contribution in [-0.2, 0) is 13.6 Å². The lowest BCUT2D eigenvalue weighted by Gasteiger charge is -2.18. The van der Waals surface area contributed by atoms with E-state index in [9.17, 15) is 0 Å². The third kappa shape index (κ3) is 2.04. The zero-order valence-corrected chi connectivity index (χ0v) is 11.7. The fourth-order valence-corrected chi connectivity index (χ4v) is 3.83. The molecular formula is C12H19BrN4. The van der Waals surface area contributed by atoms with E-state index in [1.165, 1.54) is 25.1 Å². The molecule has 3 rings (SSSR count). The Bertz CT molecular complexity index is 397. The number of aryl methyl sites for hydroxylation is 1. The Hall–Kier alpha value is -0.390. The molecule has 0 bridgehead atoms. The van der Waals surface area contributed by atoms with Gasteiger partial charge in [0.15, 0.2) is 0 Å². The molecule has 2 aliphatic rings. The van der Waals surface area contributed by atoms with Crippen molar-refractivity contribution < 1.29 is 0 Å². The molecule has 0 radical (unpaired) electrons. The van der Waals surface area contributed by atoms with Gasteiger partial charge in [0.1, 0.15) is 0 Å². The van der Waals surface area contributed by atoms with Gasteiger partial charge >= 0.3 is 0 Å². The molecule has 2 fully saturated rings. The van der Waals surface area contributed by atoms with Gasteiger partial charge in [0.05, 0.1) is 16.4 Å². The minimum absolute atomic E-state index is 0.431. The van der Waals surface area contributed by atoms with E-state index in [4.69, 9.17) is 5.73 Å². The van der Waals surface area contributed by atoms with Crippen molar-refractivity contribution in [2.24, 2.45) is 24.6 Å². The first-order valence-electron chi connectivity index (χ1n) is 6.29. The fraction of sp³-hybridized carbons (Fsp3) is 0.750. The maximum absolute atomic E-state index is 6.16. The van der Waals surface area contributed by atoms with E-state index in [-0.39, 0.29) is 0 Å². The molecule has 1 saturated carbocycles. The summed E-state index contributed by atoms with van der Waals surface area (Å²) in [6, 6.07) is 0.431. The summed E-state index contributed by atoms with van der Waals surface area (Å²) in [5.41, 5.74) is 7.42. The SMILES string of the molecule is Cn1ncc(Br)c1CN1CC2CCC(N)C2C1. The van der Waals surface area contributed by atoms with Gasteiger partial charge in [0.2, 0.25) is 0 Å². The molecule has 94 valence electrons. The zero-order valence-electron chi connectivity index (χ0n) is 10.1. The second kappa shape index (κ2) is 4.37. The topological polar surface area (TPSA) is 47.1 Å². The molecule has 17 heavy (non-hydrogen) atoms. The van der Waals surface area contributed by atoms with Crippen molar-refractivity contribution in [3.8, 4) is 0 Å². The van der Waals surface area contributed by atoms with Crippen molar-refractivity contribution in [1.82, 2.24) is 14.7 Å². The monoisotopic (exact) mass is 298 g/mol. The van der Waals surface area contributed by atoms with Crippen LogP contribution in [0.25, 0.3) is 0 Å². The highest BCUT2D eigenvalue weighted by molar-refractivity contribution is 9.10.